The predicted molar refractivity (Wildman–Crippen MR) is 112 cm³/mol. The zero-order chi connectivity index (χ0) is 22.0. The second-order valence-corrected chi connectivity index (χ2v) is 9.26. The molecule has 10 nitrogen and oxygen atoms in total. The fourth-order valence-electron chi connectivity index (χ4n) is 3.58. The molecule has 2 aromatic heterocycles. The summed E-state index contributed by atoms with van der Waals surface area (Å²) < 4.78 is 41.6. The average molecular weight is 448 g/mol. The van der Waals surface area contributed by atoms with E-state index in [2.05, 4.69) is 10.1 Å². The topological polar surface area (TPSA) is 109 Å². The molecule has 0 aliphatic carbocycles. The third kappa shape index (κ3) is 4.34. The normalized spacial score (nSPS) is 15.4. The van der Waals surface area contributed by atoms with E-state index in [-0.39, 0.29) is 11.5 Å². The van der Waals surface area contributed by atoms with Gasteiger partial charge in [-0.3, -0.25) is 4.68 Å². The molecule has 4 rings (SSSR count). The van der Waals surface area contributed by atoms with Crippen molar-refractivity contribution in [1.29, 1.82) is 0 Å². The van der Waals surface area contributed by atoms with Crippen LogP contribution in [-0.2, 0) is 39.7 Å². The number of nitrogens with zero attached hydrogens (tertiary/aromatic N) is 5. The molecule has 1 aliphatic rings. The van der Waals surface area contributed by atoms with Gasteiger partial charge in [0.05, 0.1) is 40.9 Å². The summed E-state index contributed by atoms with van der Waals surface area (Å²) >= 11 is 0. The second-order valence-electron chi connectivity index (χ2n) is 7.33. The SMILES string of the molecule is CCCn1c(COC(=O)c2cnn(C)c2)nc2cc(S(=O)(=O)N3CCOCC3)ccc21. The maximum Gasteiger partial charge on any atom is 0.341 e. The smallest absolute Gasteiger partial charge is 0.341 e. The Morgan fingerprint density at radius 3 is 2.71 bits per heavy atom. The number of morpholine rings is 1. The van der Waals surface area contributed by atoms with Crippen molar-refractivity contribution in [3.63, 3.8) is 0 Å². The van der Waals surface area contributed by atoms with Crippen LogP contribution >= 0.6 is 0 Å². The maximum absolute atomic E-state index is 13.0. The van der Waals surface area contributed by atoms with E-state index in [0.717, 1.165) is 11.9 Å². The summed E-state index contributed by atoms with van der Waals surface area (Å²) in [6.07, 6.45) is 3.88. The van der Waals surface area contributed by atoms with E-state index in [9.17, 15) is 13.2 Å². The van der Waals surface area contributed by atoms with Crippen molar-refractivity contribution in [2.75, 3.05) is 26.3 Å². The van der Waals surface area contributed by atoms with Crippen LogP contribution in [0.4, 0.5) is 0 Å². The minimum Gasteiger partial charge on any atom is -0.454 e. The van der Waals surface area contributed by atoms with Crippen molar-refractivity contribution in [3.05, 3.63) is 42.0 Å². The first kappa shape index (κ1) is 21.5. The van der Waals surface area contributed by atoms with Crippen molar-refractivity contribution in [3.8, 4) is 0 Å². The zero-order valence-electron chi connectivity index (χ0n) is 17.5. The first-order valence-corrected chi connectivity index (χ1v) is 11.6. The van der Waals surface area contributed by atoms with Crippen LogP contribution in [-0.4, -0.2) is 64.3 Å². The third-order valence-electron chi connectivity index (χ3n) is 5.13. The van der Waals surface area contributed by atoms with Gasteiger partial charge in [0.15, 0.2) is 0 Å². The maximum atomic E-state index is 13.0. The fourth-order valence-corrected chi connectivity index (χ4v) is 5.01. The van der Waals surface area contributed by atoms with Gasteiger partial charge in [-0.15, -0.1) is 0 Å². The van der Waals surface area contributed by atoms with Crippen molar-refractivity contribution in [1.82, 2.24) is 23.6 Å². The minimum absolute atomic E-state index is 0.0199. The number of imidazole rings is 1. The molecule has 0 bridgehead atoms. The lowest BCUT2D eigenvalue weighted by atomic mass is 10.3. The van der Waals surface area contributed by atoms with E-state index in [1.165, 1.54) is 15.2 Å². The van der Waals surface area contributed by atoms with Gasteiger partial charge < -0.3 is 14.0 Å². The first-order valence-electron chi connectivity index (χ1n) is 10.1. The molecule has 1 fully saturated rings. The molecule has 0 saturated carbocycles. The highest BCUT2D eigenvalue weighted by atomic mass is 32.2. The van der Waals surface area contributed by atoms with Gasteiger partial charge >= 0.3 is 5.97 Å². The highest BCUT2D eigenvalue weighted by Crippen LogP contribution is 2.24. The van der Waals surface area contributed by atoms with Crippen molar-refractivity contribution in [2.24, 2.45) is 7.05 Å². The number of ether oxygens (including phenoxy) is 2. The van der Waals surface area contributed by atoms with Gasteiger partial charge in [-0.25, -0.2) is 18.2 Å². The monoisotopic (exact) mass is 447 g/mol. The molecule has 11 heteroatoms. The highest BCUT2D eigenvalue weighted by molar-refractivity contribution is 7.89. The van der Waals surface area contributed by atoms with Crippen LogP contribution in [0.3, 0.4) is 0 Å². The summed E-state index contributed by atoms with van der Waals surface area (Å²) in [6, 6.07) is 4.95. The molecule has 0 spiro atoms. The first-order chi connectivity index (χ1) is 14.9. The Balaban J connectivity index is 1.61. The van der Waals surface area contributed by atoms with Gasteiger partial charge in [-0.05, 0) is 24.6 Å². The van der Waals surface area contributed by atoms with Crippen molar-refractivity contribution < 1.29 is 22.7 Å². The van der Waals surface area contributed by atoms with E-state index in [0.29, 0.717) is 49.8 Å². The van der Waals surface area contributed by atoms with E-state index >= 15 is 0 Å². The van der Waals surface area contributed by atoms with E-state index in [1.54, 1.807) is 31.4 Å². The number of aromatic nitrogens is 4. The van der Waals surface area contributed by atoms with Gasteiger partial charge in [0.2, 0.25) is 10.0 Å². The molecule has 0 amide bonds. The van der Waals surface area contributed by atoms with Crippen LogP contribution in [0.1, 0.15) is 29.5 Å². The summed E-state index contributed by atoms with van der Waals surface area (Å²) in [7, 11) is -1.90. The quantitative estimate of drug-likeness (QED) is 0.506. The van der Waals surface area contributed by atoms with Gasteiger partial charge in [-0.1, -0.05) is 6.92 Å². The summed E-state index contributed by atoms with van der Waals surface area (Å²) in [5, 5.41) is 3.97. The molecule has 1 aromatic carbocycles. The highest BCUT2D eigenvalue weighted by Gasteiger charge is 2.27. The lowest BCUT2D eigenvalue weighted by Crippen LogP contribution is -2.40. The molecule has 31 heavy (non-hydrogen) atoms. The number of sulfonamides is 1. The lowest BCUT2D eigenvalue weighted by molar-refractivity contribution is 0.0458. The standard InChI is InChI=1S/C20H25N5O5S/c1-3-6-25-18-5-4-16(31(27,28)24-7-9-29-10-8-24)11-17(18)22-19(25)14-30-20(26)15-12-21-23(2)13-15/h4-5,11-13H,3,6-10,14H2,1-2H3. The summed E-state index contributed by atoms with van der Waals surface area (Å²) in [6.45, 7) is 4.13. The number of rotatable bonds is 7. The van der Waals surface area contributed by atoms with E-state index in [4.69, 9.17) is 9.47 Å². The summed E-state index contributed by atoms with van der Waals surface area (Å²) in [4.78, 5) is 17.0. The second kappa shape index (κ2) is 8.77. The van der Waals surface area contributed by atoms with Gasteiger partial charge in [0.25, 0.3) is 0 Å². The average Bonchev–Trinajstić information content (AvgIpc) is 3.36. The molecule has 0 N–H and O–H groups in total. The Morgan fingerprint density at radius 2 is 2.03 bits per heavy atom. The number of hydrogen-bond acceptors (Lipinski definition) is 7. The molecule has 0 atom stereocenters. The molecule has 0 unspecified atom stereocenters. The molecule has 1 aliphatic heterocycles. The van der Waals surface area contributed by atoms with Crippen LogP contribution in [0.25, 0.3) is 11.0 Å². The van der Waals surface area contributed by atoms with Crippen LogP contribution < -0.4 is 0 Å². The summed E-state index contributed by atoms with van der Waals surface area (Å²) in [5.41, 5.74) is 1.71. The van der Waals surface area contributed by atoms with Crippen LogP contribution in [0.5, 0.6) is 0 Å². The predicted octanol–water partition coefficient (Wildman–Crippen LogP) is 1.56. The summed E-state index contributed by atoms with van der Waals surface area (Å²) in [5.74, 6) is 0.0776. The molecular weight excluding hydrogens is 422 g/mol. The number of esters is 1. The third-order valence-corrected chi connectivity index (χ3v) is 7.02. The molecule has 3 aromatic rings. The van der Waals surface area contributed by atoms with Crippen molar-refractivity contribution >= 4 is 27.0 Å². The Bertz CT molecular complexity index is 1190. The number of fused-ring (bicyclic) bond motifs is 1. The molecule has 1 saturated heterocycles. The Hall–Kier alpha value is -2.76. The Kier molecular flexibility index (Phi) is 6.08. The number of hydrogen-bond donors (Lipinski definition) is 0. The number of benzene rings is 1. The fraction of sp³-hybridized carbons (Fsp3) is 0.450. The van der Waals surface area contributed by atoms with Crippen molar-refractivity contribution in [2.45, 2.75) is 31.4 Å². The van der Waals surface area contributed by atoms with Crippen LogP contribution in [0.2, 0.25) is 0 Å². The van der Waals surface area contributed by atoms with Gasteiger partial charge in [0.1, 0.15) is 12.4 Å². The van der Waals surface area contributed by atoms with Gasteiger partial charge in [0, 0.05) is 32.9 Å². The number of aryl methyl sites for hydroxylation is 2. The molecule has 3 heterocycles. The molecule has 0 radical (unpaired) electrons. The Morgan fingerprint density at radius 1 is 1.26 bits per heavy atom. The number of carbonyl (C=O) groups is 1. The lowest BCUT2D eigenvalue weighted by Gasteiger charge is -2.26. The van der Waals surface area contributed by atoms with E-state index in [1.807, 2.05) is 11.5 Å². The largest absolute Gasteiger partial charge is 0.454 e. The Labute approximate surface area is 180 Å². The van der Waals surface area contributed by atoms with E-state index < -0.39 is 16.0 Å². The molecular formula is C20H25N5O5S. The van der Waals surface area contributed by atoms with Crippen LogP contribution in [0.15, 0.2) is 35.5 Å². The zero-order valence-corrected chi connectivity index (χ0v) is 18.3. The van der Waals surface area contributed by atoms with Crippen LogP contribution in [0, 0.1) is 0 Å². The number of carbonyl (C=O) groups excluding carboxylic acids is 1. The van der Waals surface area contributed by atoms with Gasteiger partial charge in [-0.2, -0.15) is 9.40 Å². The minimum atomic E-state index is -3.62. The molecule has 166 valence electrons.